The summed E-state index contributed by atoms with van der Waals surface area (Å²) in [6, 6.07) is 8.45. The maximum absolute atomic E-state index is 13.6. The molecule has 10 nitrogen and oxygen atoms in total. The Morgan fingerprint density at radius 3 is 2.64 bits per heavy atom. The zero-order valence-electron chi connectivity index (χ0n) is 21.1. The van der Waals surface area contributed by atoms with E-state index in [-0.39, 0.29) is 17.2 Å². The van der Waals surface area contributed by atoms with Crippen LogP contribution in [0.5, 0.6) is 5.75 Å². The molecule has 0 aliphatic carbocycles. The molecule has 3 aromatic heterocycles. The van der Waals surface area contributed by atoms with E-state index >= 15 is 0 Å². The quantitative estimate of drug-likeness (QED) is 0.390. The van der Waals surface area contributed by atoms with E-state index in [9.17, 15) is 18.0 Å². The van der Waals surface area contributed by atoms with Crippen LogP contribution in [0.4, 0.5) is 24.8 Å². The van der Waals surface area contributed by atoms with E-state index in [4.69, 9.17) is 9.47 Å². The van der Waals surface area contributed by atoms with Crippen LogP contribution in [0.3, 0.4) is 0 Å². The highest BCUT2D eigenvalue weighted by molar-refractivity contribution is 6.04. The highest BCUT2D eigenvalue weighted by atomic mass is 19.4. The second kappa shape index (κ2) is 10.7. The van der Waals surface area contributed by atoms with E-state index in [1.807, 2.05) is 6.92 Å². The average Bonchev–Trinajstić information content (AvgIpc) is 3.43. The number of nitrogens with one attached hydrogen (secondary N) is 1. The molecule has 0 unspecified atom stereocenters. The van der Waals surface area contributed by atoms with E-state index in [0.29, 0.717) is 49.0 Å². The number of amides is 1. The second-order valence-electron chi connectivity index (χ2n) is 8.81. The number of halogens is 3. The number of aromatic nitrogens is 5. The summed E-state index contributed by atoms with van der Waals surface area (Å²) in [4.78, 5) is 23.2. The number of carbonyl (C=O) groups is 1. The van der Waals surface area contributed by atoms with Crippen LogP contribution in [0, 0.1) is 6.92 Å². The van der Waals surface area contributed by atoms with E-state index < -0.39 is 17.6 Å². The Morgan fingerprint density at radius 1 is 1.10 bits per heavy atom. The van der Waals surface area contributed by atoms with Gasteiger partial charge in [-0.2, -0.15) is 13.2 Å². The molecule has 0 spiro atoms. The van der Waals surface area contributed by atoms with E-state index in [1.165, 1.54) is 11.8 Å². The Labute approximate surface area is 221 Å². The Morgan fingerprint density at radius 2 is 1.90 bits per heavy atom. The number of hydrogen-bond donors (Lipinski definition) is 1. The summed E-state index contributed by atoms with van der Waals surface area (Å²) in [5, 5.41) is 10.9. The van der Waals surface area contributed by atoms with Gasteiger partial charge in [-0.1, -0.05) is 11.3 Å². The molecule has 1 fully saturated rings. The molecule has 0 radical (unpaired) electrons. The molecule has 202 valence electrons. The fourth-order valence-electron chi connectivity index (χ4n) is 4.07. The van der Waals surface area contributed by atoms with Crippen LogP contribution < -0.4 is 15.0 Å². The molecule has 0 atom stereocenters. The van der Waals surface area contributed by atoms with Gasteiger partial charge in [0.25, 0.3) is 5.91 Å². The Balaban J connectivity index is 1.42. The predicted octanol–water partition coefficient (Wildman–Crippen LogP) is 4.15. The first-order valence-corrected chi connectivity index (χ1v) is 12.0. The fourth-order valence-corrected chi connectivity index (χ4v) is 4.07. The van der Waals surface area contributed by atoms with Crippen LogP contribution in [0.2, 0.25) is 0 Å². The summed E-state index contributed by atoms with van der Waals surface area (Å²) >= 11 is 0. The van der Waals surface area contributed by atoms with Crippen molar-refractivity contribution in [3.05, 3.63) is 71.7 Å². The van der Waals surface area contributed by atoms with Crippen molar-refractivity contribution in [3.8, 4) is 22.7 Å². The Bertz CT molecular complexity index is 1500. The first kappa shape index (κ1) is 26.1. The fraction of sp³-hybridized carbons (Fsp3) is 0.269. The molecule has 4 heterocycles. The van der Waals surface area contributed by atoms with Crippen LogP contribution >= 0.6 is 0 Å². The largest absolute Gasteiger partial charge is 0.495 e. The number of carbonyl (C=O) groups excluding carboxylic acids is 1. The van der Waals surface area contributed by atoms with Crippen LogP contribution in [0.1, 0.15) is 21.5 Å². The molecule has 1 amide bonds. The first-order chi connectivity index (χ1) is 18.7. The van der Waals surface area contributed by atoms with Gasteiger partial charge < -0.3 is 19.7 Å². The SMILES string of the molecule is COc1cncc(-c2cn(-c3cc(C(=O)Nc4cc(C(F)(F)F)cc(N5CCOCC5)n4)ccc3C)nn2)c1. The molecule has 1 saturated heterocycles. The van der Waals surface area contributed by atoms with Crippen molar-refractivity contribution in [2.45, 2.75) is 13.1 Å². The Hall–Kier alpha value is -4.52. The van der Waals surface area contributed by atoms with Crippen molar-refractivity contribution in [2.75, 3.05) is 43.6 Å². The molecule has 4 aromatic rings. The topological polar surface area (TPSA) is 107 Å². The lowest BCUT2D eigenvalue weighted by Gasteiger charge is -2.28. The number of aryl methyl sites for hydroxylation is 1. The average molecular weight is 540 g/mol. The molecular formula is C26H24F3N7O3. The molecule has 1 aliphatic rings. The van der Waals surface area contributed by atoms with Crippen LogP contribution in [0.15, 0.2) is 55.0 Å². The number of rotatable bonds is 6. The number of hydrogen-bond acceptors (Lipinski definition) is 8. The lowest BCUT2D eigenvalue weighted by Crippen LogP contribution is -2.37. The van der Waals surface area contributed by atoms with Gasteiger partial charge in [-0.25, -0.2) is 9.67 Å². The van der Waals surface area contributed by atoms with Gasteiger partial charge >= 0.3 is 6.18 Å². The lowest BCUT2D eigenvalue weighted by atomic mass is 10.1. The third-order valence-corrected chi connectivity index (χ3v) is 6.17. The zero-order valence-corrected chi connectivity index (χ0v) is 21.1. The minimum Gasteiger partial charge on any atom is -0.495 e. The highest BCUT2D eigenvalue weighted by Crippen LogP contribution is 2.33. The monoisotopic (exact) mass is 539 g/mol. The normalized spacial score (nSPS) is 13.8. The molecule has 0 bridgehead atoms. The number of benzene rings is 1. The summed E-state index contributed by atoms with van der Waals surface area (Å²) in [5.74, 6) is -0.132. The van der Waals surface area contributed by atoms with Gasteiger partial charge in [-0.3, -0.25) is 9.78 Å². The molecule has 0 saturated carbocycles. The first-order valence-electron chi connectivity index (χ1n) is 12.0. The number of methoxy groups -OCH3 is 1. The van der Waals surface area contributed by atoms with Gasteiger partial charge in [0.2, 0.25) is 0 Å². The smallest absolute Gasteiger partial charge is 0.416 e. The van der Waals surface area contributed by atoms with Gasteiger partial charge in [0, 0.05) is 30.4 Å². The number of morpholine rings is 1. The van der Waals surface area contributed by atoms with Crippen molar-refractivity contribution in [1.29, 1.82) is 0 Å². The Kier molecular flexibility index (Phi) is 7.15. The lowest BCUT2D eigenvalue weighted by molar-refractivity contribution is -0.137. The van der Waals surface area contributed by atoms with Gasteiger partial charge in [0.15, 0.2) is 0 Å². The van der Waals surface area contributed by atoms with Crippen molar-refractivity contribution >= 4 is 17.5 Å². The summed E-state index contributed by atoms with van der Waals surface area (Å²) < 4.78 is 52.9. The second-order valence-corrected chi connectivity index (χ2v) is 8.81. The maximum Gasteiger partial charge on any atom is 0.416 e. The highest BCUT2D eigenvalue weighted by Gasteiger charge is 2.32. The van der Waals surface area contributed by atoms with Crippen molar-refractivity contribution in [2.24, 2.45) is 0 Å². The van der Waals surface area contributed by atoms with Crippen LogP contribution in [0.25, 0.3) is 16.9 Å². The van der Waals surface area contributed by atoms with Gasteiger partial charge in [-0.15, -0.1) is 5.10 Å². The molecular weight excluding hydrogens is 515 g/mol. The van der Waals surface area contributed by atoms with Crippen molar-refractivity contribution < 1.29 is 27.4 Å². The van der Waals surface area contributed by atoms with Crippen molar-refractivity contribution in [3.63, 3.8) is 0 Å². The van der Waals surface area contributed by atoms with Gasteiger partial charge in [0.05, 0.1) is 44.0 Å². The molecule has 1 aromatic carbocycles. The van der Waals surface area contributed by atoms with Gasteiger partial charge in [-0.05, 0) is 42.8 Å². The number of ether oxygens (including phenoxy) is 2. The standard InChI is InChI=1S/C26H24F3N7O3/c1-16-3-4-17(10-22(16)36-15-21(33-34-36)18-9-20(38-2)14-30-13-18)25(37)32-23-11-19(26(27,28)29)12-24(31-23)35-5-7-39-8-6-35/h3-4,9-15H,5-8H2,1-2H3,(H,31,32,37). The van der Waals surface area contributed by atoms with Gasteiger partial charge in [0.1, 0.15) is 23.1 Å². The summed E-state index contributed by atoms with van der Waals surface area (Å²) in [6.07, 6.45) is 0.275. The number of pyridine rings is 2. The van der Waals surface area contributed by atoms with E-state index in [0.717, 1.165) is 17.7 Å². The van der Waals surface area contributed by atoms with Crippen molar-refractivity contribution in [1.82, 2.24) is 25.0 Å². The van der Waals surface area contributed by atoms with E-state index in [1.54, 1.807) is 47.8 Å². The third-order valence-electron chi connectivity index (χ3n) is 6.17. The van der Waals surface area contributed by atoms with Crippen LogP contribution in [-0.4, -0.2) is 64.3 Å². The van der Waals surface area contributed by atoms with E-state index in [2.05, 4.69) is 25.6 Å². The van der Waals surface area contributed by atoms with Crippen LogP contribution in [-0.2, 0) is 10.9 Å². The molecule has 13 heteroatoms. The predicted molar refractivity (Wildman–Crippen MR) is 136 cm³/mol. The number of alkyl halides is 3. The third kappa shape index (κ3) is 5.82. The minimum absolute atomic E-state index is 0.121. The summed E-state index contributed by atoms with van der Waals surface area (Å²) in [7, 11) is 1.54. The zero-order chi connectivity index (χ0) is 27.6. The molecule has 5 rings (SSSR count). The summed E-state index contributed by atoms with van der Waals surface area (Å²) in [5.41, 5.74) is 1.92. The minimum atomic E-state index is -4.61. The molecule has 1 aliphatic heterocycles. The molecule has 39 heavy (non-hydrogen) atoms. The number of nitrogens with zero attached hydrogens (tertiary/aromatic N) is 6. The maximum atomic E-state index is 13.6. The summed E-state index contributed by atoms with van der Waals surface area (Å²) in [6.45, 7) is 3.39. The number of anilines is 2. The molecule has 1 N–H and O–H groups in total.